The smallest absolute Gasteiger partial charge is 0.497 e. The number of hydrogen-bond acceptors (Lipinski definition) is 13. The van der Waals surface area contributed by atoms with Gasteiger partial charge in [0.05, 0.1) is 112 Å². The van der Waals surface area contributed by atoms with Crippen molar-refractivity contribution in [3.63, 3.8) is 0 Å². The third kappa shape index (κ3) is 10.2. The van der Waals surface area contributed by atoms with Crippen molar-refractivity contribution in [2.24, 2.45) is 0 Å². The summed E-state index contributed by atoms with van der Waals surface area (Å²) in [6, 6.07) is 58.2. The second kappa shape index (κ2) is 23.4. The Labute approximate surface area is 494 Å². The first-order valence-electron chi connectivity index (χ1n) is 27.0. The molecule has 0 aliphatic rings. The monoisotopic (exact) mass is 1160 g/mol. The summed E-state index contributed by atoms with van der Waals surface area (Å²) in [4.78, 5) is 44.0. The predicted octanol–water partition coefficient (Wildman–Crippen LogP) is 14.9. The minimum atomic E-state index is -5.05. The molecule has 3 heterocycles. The average molecular weight is 1160 g/mol. The maximum absolute atomic E-state index is 16.6. The van der Waals surface area contributed by atoms with Crippen LogP contribution in [-0.4, -0.2) is 73.7 Å². The molecule has 0 unspecified atom stereocenters. The zero-order valence-corrected chi connectivity index (χ0v) is 48.3. The van der Waals surface area contributed by atoms with Gasteiger partial charge >= 0.3 is 7.82 Å². The highest BCUT2D eigenvalue weighted by atomic mass is 31.2. The number of carbonyl (C=O) groups is 3. The van der Waals surface area contributed by atoms with Crippen LogP contribution in [0.15, 0.2) is 219 Å². The van der Waals surface area contributed by atoms with E-state index in [0.717, 1.165) is 0 Å². The molecule has 0 saturated heterocycles. The number of benzene rings is 9. The van der Waals surface area contributed by atoms with Gasteiger partial charge in [-0.1, -0.05) is 72.8 Å². The van der Waals surface area contributed by atoms with Gasteiger partial charge in [-0.25, -0.2) is 0 Å². The lowest BCUT2D eigenvalue weighted by Gasteiger charge is -2.18. The first-order chi connectivity index (χ1) is 42.0. The van der Waals surface area contributed by atoms with E-state index >= 15 is 4.57 Å². The number of methoxy groups -OCH3 is 6. The highest BCUT2D eigenvalue weighted by molar-refractivity contribution is 7.49. The van der Waals surface area contributed by atoms with Gasteiger partial charge in [0, 0.05) is 51.0 Å². The predicted molar refractivity (Wildman–Crippen MR) is 328 cm³/mol. The van der Waals surface area contributed by atoms with Crippen LogP contribution in [0.1, 0.15) is 47.8 Å². The molecule has 86 heavy (non-hydrogen) atoms. The second-order valence-electron chi connectivity index (χ2n) is 19.6. The largest absolute Gasteiger partial charge is 0.647 e. The van der Waals surface area contributed by atoms with Crippen LogP contribution < -0.4 is 42.0 Å². The molecule has 0 aliphatic heterocycles. The molecule has 0 saturated carbocycles. The number of hydrogen-bond donors (Lipinski definition) is 0. The van der Waals surface area contributed by atoms with Crippen LogP contribution >= 0.6 is 7.82 Å². The fourth-order valence-corrected chi connectivity index (χ4v) is 12.0. The lowest BCUT2D eigenvalue weighted by atomic mass is 10.0. The molecule has 9 aromatic carbocycles. The van der Waals surface area contributed by atoms with Gasteiger partial charge < -0.3 is 55.7 Å². The van der Waals surface area contributed by atoms with Crippen molar-refractivity contribution in [1.82, 2.24) is 13.7 Å². The van der Waals surface area contributed by atoms with E-state index in [4.69, 9.17) is 42.0 Å². The fourth-order valence-electron chi connectivity index (χ4n) is 10.7. The van der Waals surface area contributed by atoms with Gasteiger partial charge in [-0.05, 0) is 109 Å². The molecule has 0 N–H and O–H groups in total. The number of phosphoric acid groups is 1. The molecule has 0 bridgehead atoms. The van der Waals surface area contributed by atoms with Crippen molar-refractivity contribution in [2.45, 2.75) is 0 Å². The van der Waals surface area contributed by atoms with E-state index in [1.165, 1.54) is 42.7 Å². The summed E-state index contributed by atoms with van der Waals surface area (Å²) in [5, 5.41) is 1.49. The zero-order valence-electron chi connectivity index (χ0n) is 47.4. The first kappa shape index (κ1) is 55.6. The molecule has 428 valence electrons. The minimum absolute atomic E-state index is 0.0782. The summed E-state index contributed by atoms with van der Waals surface area (Å²) in [6.45, 7) is 0. The van der Waals surface area contributed by atoms with Crippen molar-refractivity contribution in [3.8, 4) is 68.8 Å². The van der Waals surface area contributed by atoms with Crippen LogP contribution in [0.2, 0.25) is 0 Å². The van der Waals surface area contributed by atoms with Gasteiger partial charge in [-0.2, -0.15) is 4.57 Å². The second-order valence-corrected chi connectivity index (χ2v) is 21.0. The molecule has 12 aromatic rings. The number of para-hydroxylation sites is 6. The summed E-state index contributed by atoms with van der Waals surface area (Å²) in [5.74, 6) is 1.77. The van der Waals surface area contributed by atoms with E-state index in [1.807, 2.05) is 72.8 Å². The van der Waals surface area contributed by atoms with E-state index in [9.17, 15) is 14.4 Å². The number of carbonyl (C=O) groups excluding carboxylic acids is 3. The first-order valence-corrected chi connectivity index (χ1v) is 28.5. The van der Waals surface area contributed by atoms with Gasteiger partial charge in [-0.3, -0.25) is 14.4 Å². The van der Waals surface area contributed by atoms with Crippen LogP contribution in [0.5, 0.6) is 51.7 Å². The van der Waals surface area contributed by atoms with Crippen LogP contribution in [0.25, 0.3) is 49.8 Å². The summed E-state index contributed by atoms with van der Waals surface area (Å²) < 4.78 is 75.8. The average Bonchev–Trinajstić information content (AvgIpc) is 2.19. The van der Waals surface area contributed by atoms with E-state index in [0.29, 0.717) is 118 Å². The number of fused-ring (bicyclic) bond motifs is 3. The normalized spacial score (nSPS) is 11.3. The lowest BCUT2D eigenvalue weighted by molar-refractivity contribution is 0.102. The van der Waals surface area contributed by atoms with Crippen LogP contribution in [0.4, 0.5) is 0 Å². The Hall–Kier alpha value is -11.0. The quantitative estimate of drug-likeness (QED) is 0.0493. The summed E-state index contributed by atoms with van der Waals surface area (Å²) in [6.07, 6.45) is 4.91. The Morgan fingerprint density at radius 2 is 0.570 bits per heavy atom. The molecule has 0 aliphatic carbocycles. The van der Waals surface area contributed by atoms with Gasteiger partial charge in [0.15, 0.2) is 34.6 Å². The van der Waals surface area contributed by atoms with Crippen molar-refractivity contribution < 1.29 is 60.9 Å². The Kier molecular flexibility index (Phi) is 15.1. The number of phosphoric ester groups is 1. The summed E-state index contributed by atoms with van der Waals surface area (Å²) in [7, 11) is 4.02. The third-order valence-electron chi connectivity index (χ3n) is 14.8. The number of nitrogens with zero attached hydrogens (tertiary/aromatic N) is 3. The van der Waals surface area contributed by atoms with E-state index < -0.39 is 7.82 Å². The topological polar surface area (TPSA) is 166 Å². The molecular formula is C69H54N3O13P. The molecular weight excluding hydrogens is 1110 g/mol. The maximum Gasteiger partial charge on any atom is 0.647 e. The Bertz CT molecular complexity index is 4210. The molecule has 16 nitrogen and oxygen atoms in total. The number of ether oxygens (including phenoxy) is 6. The highest BCUT2D eigenvalue weighted by Gasteiger charge is 2.38. The fraction of sp³-hybridized carbons (Fsp3) is 0.0870. The van der Waals surface area contributed by atoms with Crippen molar-refractivity contribution in [2.75, 3.05) is 42.7 Å². The van der Waals surface area contributed by atoms with Gasteiger partial charge in [0.2, 0.25) is 0 Å². The number of rotatable bonds is 21. The molecule has 0 amide bonds. The van der Waals surface area contributed by atoms with Crippen LogP contribution in [0, 0.1) is 0 Å². The molecule has 0 spiro atoms. The van der Waals surface area contributed by atoms with Crippen LogP contribution in [-0.2, 0) is 4.57 Å². The van der Waals surface area contributed by atoms with E-state index in [1.54, 1.807) is 160 Å². The van der Waals surface area contributed by atoms with E-state index in [2.05, 4.69) is 0 Å². The molecule has 0 atom stereocenters. The molecule has 0 fully saturated rings. The maximum atomic E-state index is 16.6. The van der Waals surface area contributed by atoms with E-state index in [-0.39, 0.29) is 34.6 Å². The van der Waals surface area contributed by atoms with Gasteiger partial charge in [-0.15, -0.1) is 0 Å². The summed E-state index contributed by atoms with van der Waals surface area (Å²) >= 11 is 0. The van der Waals surface area contributed by atoms with Gasteiger partial charge in [0.25, 0.3) is 0 Å². The van der Waals surface area contributed by atoms with Crippen molar-refractivity contribution in [1.29, 1.82) is 0 Å². The Balaban J connectivity index is 1.01. The molecule has 3 aromatic heterocycles. The molecule has 0 radical (unpaired) electrons. The number of aromatic nitrogens is 3. The standard InChI is InChI=1S/C69H54N3O13P/c1-77-43-31-34-52(61(37-43)80-4)67(73)49-22-10-16-28-58(49)70-40-64(46-19-7-13-25-55(46)70)83-86(76,84-65-41-71(56-26-14-8-20-47(56)65)59-29-17-11-23-50(59)68(74)53-35-32-44(78-2)38-62(53)81-5)85-66-42-72(57-27-15-9-21-48(57)66)60-30-18-12-24-51(60)69(75)54-36-33-45(79-3)39-63(54)82-6/h7-42H,1-6H3. The van der Waals surface area contributed by atoms with Gasteiger partial charge in [0.1, 0.15) is 34.5 Å². The SMILES string of the molecule is COc1ccc(C(=O)c2ccccc2-n2cc(OP(=O)(Oc3cn(-c4ccccc4C(=O)c4ccc(OC)cc4OC)c4ccccc34)Oc3cn(-c4ccccc4C(=O)c4ccc(OC)cc4OC)c4ccccc34)c3ccccc32)c(OC)c1. The molecule has 12 rings (SSSR count). The third-order valence-corrected chi connectivity index (χ3v) is 16.1. The summed E-state index contributed by atoms with van der Waals surface area (Å²) in [5.41, 5.74) is 5.10. The van der Waals surface area contributed by atoms with Crippen molar-refractivity contribution >= 4 is 57.9 Å². The number of ketones is 3. The van der Waals surface area contributed by atoms with Crippen molar-refractivity contribution in [3.05, 3.63) is 252 Å². The highest BCUT2D eigenvalue weighted by Crippen LogP contribution is 2.55. The zero-order chi connectivity index (χ0) is 59.6. The Morgan fingerprint density at radius 3 is 0.849 bits per heavy atom. The minimum Gasteiger partial charge on any atom is -0.497 e. The Morgan fingerprint density at radius 1 is 0.302 bits per heavy atom. The van der Waals surface area contributed by atoms with Crippen LogP contribution in [0.3, 0.4) is 0 Å². The molecule has 17 heteroatoms. The lowest BCUT2D eigenvalue weighted by Crippen LogP contribution is -2.09.